The standard InChI is InChI=1S/C16H20FN3OS.HI/c1-18-16(20-10-14-4-3-7-22-14)19-9-12-5-6-15(17)13(8-12)11-21-2;/h3-8H,9-11H2,1-2H3,(H2,18,19,20);1H. The fraction of sp³-hybridized carbons (Fsp3) is 0.312. The monoisotopic (exact) mass is 449 g/mol. The van der Waals surface area contributed by atoms with Crippen molar-refractivity contribution in [2.24, 2.45) is 4.99 Å². The molecule has 0 aliphatic rings. The van der Waals surface area contributed by atoms with Gasteiger partial charge in [0.1, 0.15) is 5.82 Å². The van der Waals surface area contributed by atoms with Gasteiger partial charge in [0, 0.05) is 31.1 Å². The van der Waals surface area contributed by atoms with E-state index in [1.165, 1.54) is 10.9 Å². The molecule has 0 bridgehead atoms. The van der Waals surface area contributed by atoms with Crippen molar-refractivity contribution in [1.29, 1.82) is 0 Å². The first-order valence-corrected chi connectivity index (χ1v) is 7.84. The molecule has 0 radical (unpaired) electrons. The van der Waals surface area contributed by atoms with Gasteiger partial charge >= 0.3 is 0 Å². The summed E-state index contributed by atoms with van der Waals surface area (Å²) in [6, 6.07) is 9.12. The first-order valence-electron chi connectivity index (χ1n) is 6.96. The zero-order chi connectivity index (χ0) is 15.8. The molecular formula is C16H21FIN3OS. The first-order chi connectivity index (χ1) is 10.7. The molecular weight excluding hydrogens is 428 g/mol. The molecule has 0 amide bonds. The van der Waals surface area contributed by atoms with Crippen molar-refractivity contribution in [3.8, 4) is 0 Å². The number of hydrogen-bond donors (Lipinski definition) is 2. The van der Waals surface area contributed by atoms with Gasteiger partial charge < -0.3 is 15.4 Å². The lowest BCUT2D eigenvalue weighted by molar-refractivity contribution is 0.181. The molecule has 1 heterocycles. The maximum absolute atomic E-state index is 13.6. The Morgan fingerprint density at radius 3 is 2.70 bits per heavy atom. The van der Waals surface area contributed by atoms with E-state index in [0.29, 0.717) is 18.1 Å². The van der Waals surface area contributed by atoms with Crippen LogP contribution >= 0.6 is 35.3 Å². The van der Waals surface area contributed by atoms with Crippen LogP contribution in [-0.2, 0) is 24.4 Å². The third-order valence-corrected chi connectivity index (χ3v) is 3.98. The minimum atomic E-state index is -0.245. The number of ether oxygens (including phenoxy) is 1. The molecule has 0 aliphatic heterocycles. The summed E-state index contributed by atoms with van der Waals surface area (Å²) in [6.45, 7) is 1.57. The van der Waals surface area contributed by atoms with Crippen LogP contribution in [0.15, 0.2) is 40.7 Å². The fourth-order valence-electron chi connectivity index (χ4n) is 1.99. The van der Waals surface area contributed by atoms with Gasteiger partial charge in [-0.2, -0.15) is 0 Å². The molecule has 7 heteroatoms. The molecule has 2 rings (SSSR count). The first kappa shape index (κ1) is 19.9. The summed E-state index contributed by atoms with van der Waals surface area (Å²) >= 11 is 1.70. The Morgan fingerprint density at radius 2 is 2.04 bits per heavy atom. The predicted octanol–water partition coefficient (Wildman–Crippen LogP) is 3.52. The number of hydrogen-bond acceptors (Lipinski definition) is 3. The molecule has 0 unspecified atom stereocenters. The van der Waals surface area contributed by atoms with Gasteiger partial charge in [0.05, 0.1) is 13.2 Å². The van der Waals surface area contributed by atoms with Crippen LogP contribution in [0.1, 0.15) is 16.0 Å². The lowest BCUT2D eigenvalue weighted by atomic mass is 10.1. The number of rotatable bonds is 6. The van der Waals surface area contributed by atoms with Crippen molar-refractivity contribution in [2.75, 3.05) is 14.2 Å². The van der Waals surface area contributed by atoms with Crippen LogP contribution in [0.4, 0.5) is 4.39 Å². The number of halogens is 2. The summed E-state index contributed by atoms with van der Waals surface area (Å²) in [7, 11) is 3.28. The van der Waals surface area contributed by atoms with Gasteiger partial charge in [0.25, 0.3) is 0 Å². The van der Waals surface area contributed by atoms with Crippen LogP contribution in [-0.4, -0.2) is 20.1 Å². The van der Waals surface area contributed by atoms with Crippen LogP contribution in [0.5, 0.6) is 0 Å². The summed E-state index contributed by atoms with van der Waals surface area (Å²) in [5, 5.41) is 8.51. The quantitative estimate of drug-likeness (QED) is 0.403. The van der Waals surface area contributed by atoms with Crippen molar-refractivity contribution in [3.63, 3.8) is 0 Å². The average molecular weight is 449 g/mol. The zero-order valence-corrected chi connectivity index (χ0v) is 16.3. The summed E-state index contributed by atoms with van der Waals surface area (Å²) in [4.78, 5) is 5.42. The fourth-order valence-corrected chi connectivity index (χ4v) is 2.64. The van der Waals surface area contributed by atoms with Gasteiger partial charge in [-0.05, 0) is 29.1 Å². The molecule has 0 aliphatic carbocycles. The van der Waals surface area contributed by atoms with Crippen LogP contribution in [0.2, 0.25) is 0 Å². The summed E-state index contributed by atoms with van der Waals surface area (Å²) in [6.07, 6.45) is 0. The highest BCUT2D eigenvalue weighted by Gasteiger charge is 2.04. The molecule has 0 spiro atoms. The summed E-state index contributed by atoms with van der Waals surface area (Å²) in [5.74, 6) is 0.469. The van der Waals surface area contributed by atoms with E-state index in [2.05, 4.69) is 21.7 Å². The van der Waals surface area contributed by atoms with Crippen molar-refractivity contribution in [2.45, 2.75) is 19.7 Å². The largest absolute Gasteiger partial charge is 0.380 e. The van der Waals surface area contributed by atoms with E-state index in [1.54, 1.807) is 37.6 Å². The number of aliphatic imine (C=N–C) groups is 1. The summed E-state index contributed by atoms with van der Waals surface area (Å²) in [5.41, 5.74) is 1.54. The van der Waals surface area contributed by atoms with Gasteiger partial charge in [0.15, 0.2) is 5.96 Å². The highest BCUT2D eigenvalue weighted by atomic mass is 127. The minimum Gasteiger partial charge on any atom is -0.380 e. The second kappa shape index (κ2) is 10.6. The molecule has 0 saturated carbocycles. The smallest absolute Gasteiger partial charge is 0.191 e. The van der Waals surface area contributed by atoms with Gasteiger partial charge in [-0.15, -0.1) is 35.3 Å². The van der Waals surface area contributed by atoms with E-state index in [9.17, 15) is 4.39 Å². The number of methoxy groups -OCH3 is 1. The van der Waals surface area contributed by atoms with Gasteiger partial charge in [-0.3, -0.25) is 4.99 Å². The summed E-state index contributed by atoms with van der Waals surface area (Å²) < 4.78 is 18.6. The molecule has 2 aromatic rings. The molecule has 1 aromatic carbocycles. The Hall–Kier alpha value is -1.19. The van der Waals surface area contributed by atoms with Gasteiger partial charge in [0.2, 0.25) is 0 Å². The lowest BCUT2D eigenvalue weighted by Gasteiger charge is -2.12. The van der Waals surface area contributed by atoms with E-state index in [0.717, 1.165) is 12.1 Å². The topological polar surface area (TPSA) is 45.7 Å². The average Bonchev–Trinajstić information content (AvgIpc) is 3.04. The lowest BCUT2D eigenvalue weighted by Crippen LogP contribution is -2.36. The number of guanidine groups is 1. The van der Waals surface area contributed by atoms with Crippen LogP contribution in [0, 0.1) is 5.82 Å². The van der Waals surface area contributed by atoms with Gasteiger partial charge in [-0.1, -0.05) is 12.1 Å². The Morgan fingerprint density at radius 1 is 1.26 bits per heavy atom. The molecule has 4 nitrogen and oxygen atoms in total. The van der Waals surface area contributed by atoms with E-state index >= 15 is 0 Å². The molecule has 0 saturated heterocycles. The number of nitrogens with one attached hydrogen (secondary N) is 2. The molecule has 0 atom stereocenters. The van der Waals surface area contributed by atoms with Crippen molar-refractivity contribution in [1.82, 2.24) is 10.6 Å². The zero-order valence-electron chi connectivity index (χ0n) is 13.1. The van der Waals surface area contributed by atoms with Crippen molar-refractivity contribution < 1.29 is 9.13 Å². The third kappa shape index (κ3) is 6.44. The highest BCUT2D eigenvalue weighted by molar-refractivity contribution is 14.0. The predicted molar refractivity (Wildman–Crippen MR) is 104 cm³/mol. The molecule has 2 N–H and O–H groups in total. The number of thiophene rings is 1. The maximum atomic E-state index is 13.6. The Bertz CT molecular complexity index is 620. The minimum absolute atomic E-state index is 0. The normalized spacial score (nSPS) is 11.0. The van der Waals surface area contributed by atoms with Crippen LogP contribution in [0.25, 0.3) is 0 Å². The van der Waals surface area contributed by atoms with Crippen LogP contribution < -0.4 is 10.6 Å². The van der Waals surface area contributed by atoms with Crippen LogP contribution in [0.3, 0.4) is 0 Å². The second-order valence-electron chi connectivity index (χ2n) is 4.72. The van der Waals surface area contributed by atoms with E-state index in [4.69, 9.17) is 4.74 Å². The maximum Gasteiger partial charge on any atom is 0.191 e. The van der Waals surface area contributed by atoms with E-state index in [1.807, 2.05) is 11.4 Å². The third-order valence-electron chi connectivity index (χ3n) is 3.10. The Balaban J connectivity index is 0.00000264. The van der Waals surface area contributed by atoms with E-state index in [-0.39, 0.29) is 36.4 Å². The number of nitrogens with zero attached hydrogens (tertiary/aromatic N) is 1. The molecule has 23 heavy (non-hydrogen) atoms. The molecule has 0 fully saturated rings. The van der Waals surface area contributed by atoms with E-state index < -0.39 is 0 Å². The molecule has 1 aromatic heterocycles. The Labute approximate surface area is 157 Å². The number of benzene rings is 1. The van der Waals surface area contributed by atoms with Gasteiger partial charge in [-0.25, -0.2) is 4.39 Å². The SMILES string of the molecule is CN=C(NCc1ccc(F)c(COC)c1)NCc1cccs1.I. The molecule has 126 valence electrons. The second-order valence-corrected chi connectivity index (χ2v) is 5.75. The Kier molecular flexibility index (Phi) is 9.12. The highest BCUT2D eigenvalue weighted by Crippen LogP contribution is 2.11. The van der Waals surface area contributed by atoms with Crippen molar-refractivity contribution in [3.05, 3.63) is 57.5 Å². The van der Waals surface area contributed by atoms with Crippen molar-refractivity contribution >= 4 is 41.3 Å².